The molecule has 0 radical (unpaired) electrons. The lowest BCUT2D eigenvalue weighted by Gasteiger charge is -2.08. The fraction of sp³-hybridized carbons (Fsp3) is 0.273. The lowest BCUT2D eigenvalue weighted by Crippen LogP contribution is -2.16. The molecule has 0 aromatic heterocycles. The maximum Gasteiger partial charge on any atom is 0.292 e. The molecular formula is C11H13FN2O2. The van der Waals surface area contributed by atoms with Crippen LogP contribution in [0.15, 0.2) is 28.9 Å². The molecule has 0 heterocycles. The number of ether oxygens (including phenoxy) is 1. The highest BCUT2D eigenvalue weighted by atomic mass is 19.1. The summed E-state index contributed by atoms with van der Waals surface area (Å²) < 4.78 is 16.6. The SMILES string of the molecule is C#CC/N=C1/C=CC(F)C(N)=C1.COC=O. The first-order valence-corrected chi connectivity index (χ1v) is 4.39. The number of terminal acetylenes is 1. The molecule has 0 aromatic rings. The highest BCUT2D eigenvalue weighted by Gasteiger charge is 2.10. The Bertz CT molecular complexity index is 353. The Kier molecular flexibility index (Phi) is 7.16. The molecule has 1 aliphatic rings. The van der Waals surface area contributed by atoms with Crippen LogP contribution in [0.4, 0.5) is 4.39 Å². The number of nitrogens with two attached hydrogens (primary N) is 1. The van der Waals surface area contributed by atoms with Crippen molar-refractivity contribution in [1.82, 2.24) is 0 Å². The normalized spacial score (nSPS) is 20.2. The van der Waals surface area contributed by atoms with E-state index in [1.807, 2.05) is 0 Å². The molecule has 0 spiro atoms. The Hall–Kier alpha value is -2.09. The van der Waals surface area contributed by atoms with Crippen molar-refractivity contribution in [3.05, 3.63) is 23.9 Å². The Balaban J connectivity index is 0.000000487. The number of carbonyl (C=O) groups excluding carboxylic acids is 1. The summed E-state index contributed by atoms with van der Waals surface area (Å²) in [6, 6.07) is 0. The van der Waals surface area contributed by atoms with Gasteiger partial charge in [0.2, 0.25) is 0 Å². The number of allylic oxidation sites excluding steroid dienone is 3. The fourth-order valence-corrected chi connectivity index (χ4v) is 0.828. The third kappa shape index (κ3) is 5.60. The van der Waals surface area contributed by atoms with Gasteiger partial charge in [-0.25, -0.2) is 4.39 Å². The topological polar surface area (TPSA) is 64.7 Å². The molecule has 16 heavy (non-hydrogen) atoms. The molecule has 0 saturated heterocycles. The summed E-state index contributed by atoms with van der Waals surface area (Å²) in [5.41, 5.74) is 6.14. The molecule has 5 heteroatoms. The van der Waals surface area contributed by atoms with E-state index in [0.29, 0.717) is 18.7 Å². The van der Waals surface area contributed by atoms with Gasteiger partial charge in [0.05, 0.1) is 12.8 Å². The molecule has 0 fully saturated rings. The van der Waals surface area contributed by atoms with Crippen molar-refractivity contribution in [2.45, 2.75) is 6.17 Å². The van der Waals surface area contributed by atoms with Crippen molar-refractivity contribution in [2.24, 2.45) is 10.7 Å². The first-order valence-electron chi connectivity index (χ1n) is 4.39. The van der Waals surface area contributed by atoms with Crippen molar-refractivity contribution in [3.63, 3.8) is 0 Å². The Labute approximate surface area is 93.7 Å². The monoisotopic (exact) mass is 224 g/mol. The van der Waals surface area contributed by atoms with Crippen LogP contribution in [0.5, 0.6) is 0 Å². The van der Waals surface area contributed by atoms with E-state index in [0.717, 1.165) is 0 Å². The van der Waals surface area contributed by atoms with E-state index in [1.54, 1.807) is 6.08 Å². The van der Waals surface area contributed by atoms with Crippen LogP contribution in [0.25, 0.3) is 0 Å². The van der Waals surface area contributed by atoms with Gasteiger partial charge in [0, 0.05) is 5.70 Å². The zero-order chi connectivity index (χ0) is 12.4. The van der Waals surface area contributed by atoms with E-state index in [4.69, 9.17) is 17.0 Å². The minimum Gasteiger partial charge on any atom is -0.471 e. The molecule has 1 unspecified atom stereocenters. The summed E-state index contributed by atoms with van der Waals surface area (Å²) in [5, 5.41) is 0. The average Bonchev–Trinajstić information content (AvgIpc) is 2.31. The van der Waals surface area contributed by atoms with E-state index < -0.39 is 6.17 Å². The molecule has 1 atom stereocenters. The van der Waals surface area contributed by atoms with Gasteiger partial charge in [-0.2, -0.15) is 0 Å². The van der Waals surface area contributed by atoms with Crippen molar-refractivity contribution in [2.75, 3.05) is 13.7 Å². The van der Waals surface area contributed by atoms with E-state index in [9.17, 15) is 4.39 Å². The minimum absolute atomic E-state index is 0.174. The largest absolute Gasteiger partial charge is 0.471 e. The van der Waals surface area contributed by atoms with Crippen molar-refractivity contribution < 1.29 is 13.9 Å². The van der Waals surface area contributed by atoms with Crippen LogP contribution in [0.2, 0.25) is 0 Å². The lowest BCUT2D eigenvalue weighted by atomic mass is 10.1. The summed E-state index contributed by atoms with van der Waals surface area (Å²) in [6.07, 6.45) is 8.22. The fourth-order valence-electron chi connectivity index (χ4n) is 0.828. The number of rotatable bonds is 2. The molecule has 1 rings (SSSR count). The van der Waals surface area contributed by atoms with Gasteiger partial charge < -0.3 is 10.5 Å². The van der Waals surface area contributed by atoms with E-state index >= 15 is 0 Å². The van der Waals surface area contributed by atoms with E-state index in [-0.39, 0.29) is 5.70 Å². The van der Waals surface area contributed by atoms with Gasteiger partial charge in [0.1, 0.15) is 6.54 Å². The first kappa shape index (κ1) is 13.9. The van der Waals surface area contributed by atoms with Gasteiger partial charge in [-0.15, -0.1) is 6.42 Å². The Morgan fingerprint density at radius 3 is 2.88 bits per heavy atom. The summed E-state index contributed by atoms with van der Waals surface area (Å²) >= 11 is 0. The molecule has 0 saturated carbocycles. The molecule has 1 aliphatic carbocycles. The third-order valence-electron chi connectivity index (χ3n) is 1.52. The van der Waals surface area contributed by atoms with Gasteiger partial charge in [-0.1, -0.05) is 5.92 Å². The third-order valence-corrected chi connectivity index (χ3v) is 1.52. The number of carbonyl (C=O) groups is 1. The van der Waals surface area contributed by atoms with Gasteiger partial charge in [0.25, 0.3) is 6.47 Å². The summed E-state index contributed by atoms with van der Waals surface area (Å²) in [6.45, 7) is 0.667. The number of halogens is 1. The maximum absolute atomic E-state index is 12.7. The van der Waals surface area contributed by atoms with Crippen molar-refractivity contribution in [1.29, 1.82) is 0 Å². The summed E-state index contributed by atoms with van der Waals surface area (Å²) in [4.78, 5) is 12.9. The van der Waals surface area contributed by atoms with E-state index in [2.05, 4.69) is 15.6 Å². The molecule has 0 aliphatic heterocycles. The predicted molar refractivity (Wildman–Crippen MR) is 60.5 cm³/mol. The van der Waals surface area contributed by atoms with Gasteiger partial charge in [-0.05, 0) is 18.2 Å². The molecule has 0 aromatic carbocycles. The zero-order valence-electron chi connectivity index (χ0n) is 8.89. The number of hydrogen-bond donors (Lipinski definition) is 1. The first-order chi connectivity index (χ1) is 7.65. The number of nitrogens with zero attached hydrogens (tertiary/aromatic N) is 1. The highest BCUT2D eigenvalue weighted by molar-refractivity contribution is 6.05. The Morgan fingerprint density at radius 1 is 1.81 bits per heavy atom. The number of aliphatic imine (C=N–C) groups is 1. The van der Waals surface area contributed by atoms with Gasteiger partial charge in [-0.3, -0.25) is 9.79 Å². The molecular weight excluding hydrogens is 211 g/mol. The van der Waals surface area contributed by atoms with E-state index in [1.165, 1.54) is 19.3 Å². The molecule has 4 nitrogen and oxygen atoms in total. The van der Waals surface area contributed by atoms with Crippen LogP contribution in [-0.4, -0.2) is 32.0 Å². The second kappa shape index (κ2) is 8.24. The van der Waals surface area contributed by atoms with Crippen LogP contribution in [0.3, 0.4) is 0 Å². The van der Waals surface area contributed by atoms with Crippen LogP contribution >= 0.6 is 0 Å². The summed E-state index contributed by atoms with van der Waals surface area (Å²) in [7, 11) is 1.31. The molecule has 0 bridgehead atoms. The Morgan fingerprint density at radius 2 is 2.44 bits per heavy atom. The number of hydrogen-bond acceptors (Lipinski definition) is 4. The molecule has 2 N–H and O–H groups in total. The quantitative estimate of drug-likeness (QED) is 0.551. The second-order valence-corrected chi connectivity index (χ2v) is 2.68. The van der Waals surface area contributed by atoms with Gasteiger partial charge in [0.15, 0.2) is 6.17 Å². The van der Waals surface area contributed by atoms with Crippen molar-refractivity contribution in [3.8, 4) is 12.3 Å². The van der Waals surface area contributed by atoms with Crippen LogP contribution in [-0.2, 0) is 9.53 Å². The number of alkyl halides is 1. The van der Waals surface area contributed by atoms with Crippen LogP contribution < -0.4 is 5.73 Å². The minimum atomic E-state index is -1.19. The number of methoxy groups -OCH3 is 1. The lowest BCUT2D eigenvalue weighted by molar-refractivity contribution is -0.126. The maximum atomic E-state index is 12.7. The molecule has 86 valence electrons. The standard InChI is InChI=1S/C9H9FN2.C2H4O2/c1-2-5-12-7-3-4-8(10)9(11)6-7;1-4-2-3/h1,3-4,6,8H,5,11H2;2H,1H3/b12-7-;. The van der Waals surface area contributed by atoms with Crippen LogP contribution in [0, 0.1) is 12.3 Å². The predicted octanol–water partition coefficient (Wildman–Crippen LogP) is 0.600. The molecule has 0 amide bonds. The average molecular weight is 224 g/mol. The zero-order valence-corrected chi connectivity index (χ0v) is 8.89. The summed E-state index contributed by atoms with van der Waals surface area (Å²) in [5.74, 6) is 2.36. The highest BCUT2D eigenvalue weighted by Crippen LogP contribution is 2.08. The smallest absolute Gasteiger partial charge is 0.292 e. The van der Waals surface area contributed by atoms with Crippen LogP contribution in [0.1, 0.15) is 0 Å². The second-order valence-electron chi connectivity index (χ2n) is 2.68. The van der Waals surface area contributed by atoms with Crippen molar-refractivity contribution >= 4 is 12.2 Å². The van der Waals surface area contributed by atoms with Gasteiger partial charge >= 0.3 is 0 Å².